The van der Waals surface area contributed by atoms with Crippen LogP contribution in [0.4, 0.5) is 0 Å². The number of pyridine rings is 1. The lowest BCUT2D eigenvalue weighted by Crippen LogP contribution is -2.31. The molecule has 1 heterocycles. The van der Waals surface area contributed by atoms with Crippen LogP contribution in [0.5, 0.6) is 0 Å². The van der Waals surface area contributed by atoms with E-state index in [0.717, 1.165) is 10.6 Å². The van der Waals surface area contributed by atoms with Crippen LogP contribution in [0.1, 0.15) is 36.7 Å². The summed E-state index contributed by atoms with van der Waals surface area (Å²) in [5.74, 6) is -1.55. The minimum atomic E-state index is -1.15. The normalized spacial score (nSPS) is 12.2. The van der Waals surface area contributed by atoms with E-state index in [4.69, 9.17) is 5.11 Å². The van der Waals surface area contributed by atoms with Crippen LogP contribution in [0.2, 0.25) is 0 Å². The molecule has 0 aliphatic carbocycles. The second-order valence-electron chi connectivity index (χ2n) is 4.64. The van der Waals surface area contributed by atoms with Crippen molar-refractivity contribution >= 4 is 11.9 Å². The Balaban J connectivity index is 3.28. The summed E-state index contributed by atoms with van der Waals surface area (Å²) in [6.45, 7) is 3.81. The minimum Gasteiger partial charge on any atom is -0.478 e. The van der Waals surface area contributed by atoms with Gasteiger partial charge in [0.05, 0.1) is 12.7 Å². The molecule has 1 unspecified atom stereocenters. The number of rotatable bonds is 5. The van der Waals surface area contributed by atoms with E-state index in [9.17, 15) is 14.4 Å². The molecule has 0 aliphatic heterocycles. The molecule has 1 rings (SSSR count). The summed E-state index contributed by atoms with van der Waals surface area (Å²) in [5, 5.41) is 8.93. The molecule has 6 heteroatoms. The molecule has 0 bridgehead atoms. The molecule has 0 radical (unpaired) electrons. The van der Waals surface area contributed by atoms with E-state index in [1.165, 1.54) is 19.4 Å². The summed E-state index contributed by atoms with van der Waals surface area (Å²) < 4.78 is 5.80. The molecule has 0 spiro atoms. The van der Waals surface area contributed by atoms with Gasteiger partial charge in [-0.3, -0.25) is 4.79 Å². The number of hydrogen-bond acceptors (Lipinski definition) is 4. The maximum atomic E-state index is 11.8. The summed E-state index contributed by atoms with van der Waals surface area (Å²) in [6, 6.07) is 1.54. The van der Waals surface area contributed by atoms with Crippen molar-refractivity contribution in [3.8, 4) is 0 Å². The summed E-state index contributed by atoms with van der Waals surface area (Å²) in [5.41, 5.74) is -0.474. The quantitative estimate of drug-likeness (QED) is 0.813. The molecule has 19 heavy (non-hydrogen) atoms. The lowest BCUT2D eigenvalue weighted by atomic mass is 10.0. The monoisotopic (exact) mass is 267 g/mol. The van der Waals surface area contributed by atoms with Gasteiger partial charge in [0.15, 0.2) is 0 Å². The summed E-state index contributed by atoms with van der Waals surface area (Å²) >= 11 is 0. The van der Waals surface area contributed by atoms with Gasteiger partial charge >= 0.3 is 11.9 Å². The number of carboxylic acids is 1. The van der Waals surface area contributed by atoms with Crippen LogP contribution in [0.3, 0.4) is 0 Å². The molecule has 0 aromatic carbocycles. The smallest absolute Gasteiger partial charge is 0.337 e. The molecule has 1 N–H and O–H groups in total. The van der Waals surface area contributed by atoms with Crippen molar-refractivity contribution < 1.29 is 19.4 Å². The topological polar surface area (TPSA) is 85.6 Å². The van der Waals surface area contributed by atoms with Crippen molar-refractivity contribution in [3.05, 3.63) is 34.2 Å². The maximum Gasteiger partial charge on any atom is 0.337 e. The average molecular weight is 267 g/mol. The van der Waals surface area contributed by atoms with E-state index in [1.54, 1.807) is 0 Å². The number of hydrogen-bond donors (Lipinski definition) is 1. The first kappa shape index (κ1) is 14.9. The highest BCUT2D eigenvalue weighted by molar-refractivity contribution is 5.87. The average Bonchev–Trinajstić information content (AvgIpc) is 2.35. The van der Waals surface area contributed by atoms with Gasteiger partial charge in [-0.05, 0) is 18.4 Å². The maximum absolute atomic E-state index is 11.8. The van der Waals surface area contributed by atoms with Gasteiger partial charge in [0.2, 0.25) is 0 Å². The molecule has 1 aromatic heterocycles. The predicted octanol–water partition coefficient (Wildman–Crippen LogP) is 1.31. The Labute approximate surface area is 110 Å². The minimum absolute atomic E-state index is 0.0442. The Kier molecular flexibility index (Phi) is 4.86. The van der Waals surface area contributed by atoms with Gasteiger partial charge in [-0.1, -0.05) is 13.8 Å². The second-order valence-corrected chi connectivity index (χ2v) is 4.64. The molecule has 0 saturated carbocycles. The summed E-state index contributed by atoms with van der Waals surface area (Å²) in [6.07, 6.45) is 1.57. The van der Waals surface area contributed by atoms with Crippen LogP contribution in [0, 0.1) is 5.92 Å². The highest BCUT2D eigenvalue weighted by atomic mass is 16.5. The zero-order valence-corrected chi connectivity index (χ0v) is 11.1. The zero-order valence-electron chi connectivity index (χ0n) is 11.1. The third-order valence-electron chi connectivity index (χ3n) is 2.69. The van der Waals surface area contributed by atoms with Gasteiger partial charge in [0.25, 0.3) is 5.56 Å². The van der Waals surface area contributed by atoms with Crippen molar-refractivity contribution in [1.29, 1.82) is 0 Å². The van der Waals surface area contributed by atoms with E-state index >= 15 is 0 Å². The fourth-order valence-electron chi connectivity index (χ4n) is 1.78. The van der Waals surface area contributed by atoms with E-state index < -0.39 is 23.5 Å². The zero-order chi connectivity index (χ0) is 14.6. The number of nitrogens with zero attached hydrogens (tertiary/aromatic N) is 1. The molecule has 1 aromatic rings. The number of methoxy groups -OCH3 is 1. The SMILES string of the molecule is COC(=O)C(CC(C)C)n1cc(C(=O)O)ccc1=O. The molecule has 0 aliphatic rings. The first-order chi connectivity index (χ1) is 8.86. The van der Waals surface area contributed by atoms with Gasteiger partial charge in [0, 0.05) is 12.3 Å². The van der Waals surface area contributed by atoms with Crippen LogP contribution >= 0.6 is 0 Å². The standard InChI is InChI=1S/C13H17NO5/c1-8(2)6-10(13(18)19-3)14-7-9(12(16)17)4-5-11(14)15/h4-5,7-8,10H,6H2,1-3H3,(H,16,17). The van der Waals surface area contributed by atoms with E-state index in [2.05, 4.69) is 4.74 Å². The van der Waals surface area contributed by atoms with Crippen LogP contribution < -0.4 is 5.56 Å². The molecule has 6 nitrogen and oxygen atoms in total. The molecular weight excluding hydrogens is 250 g/mol. The Morgan fingerprint density at radius 1 is 1.37 bits per heavy atom. The first-order valence-electron chi connectivity index (χ1n) is 5.90. The van der Waals surface area contributed by atoms with Gasteiger partial charge < -0.3 is 14.4 Å². The van der Waals surface area contributed by atoms with Crippen LogP contribution in [0.15, 0.2) is 23.1 Å². The summed E-state index contributed by atoms with van der Waals surface area (Å²) in [4.78, 5) is 34.5. The van der Waals surface area contributed by atoms with Crippen LogP contribution in [0.25, 0.3) is 0 Å². The van der Waals surface area contributed by atoms with Crippen molar-refractivity contribution in [3.63, 3.8) is 0 Å². The van der Waals surface area contributed by atoms with Crippen LogP contribution in [-0.2, 0) is 9.53 Å². The molecular formula is C13H17NO5. The Morgan fingerprint density at radius 3 is 2.47 bits per heavy atom. The molecule has 0 fully saturated rings. The predicted molar refractivity (Wildman–Crippen MR) is 68.2 cm³/mol. The number of carbonyl (C=O) groups is 2. The van der Waals surface area contributed by atoms with Gasteiger partial charge in [-0.2, -0.15) is 0 Å². The van der Waals surface area contributed by atoms with Gasteiger partial charge in [-0.15, -0.1) is 0 Å². The van der Waals surface area contributed by atoms with Crippen molar-refractivity contribution in [2.75, 3.05) is 7.11 Å². The number of esters is 1. The third-order valence-corrected chi connectivity index (χ3v) is 2.69. The lowest BCUT2D eigenvalue weighted by Gasteiger charge is -2.19. The molecule has 104 valence electrons. The fraction of sp³-hybridized carbons (Fsp3) is 0.462. The lowest BCUT2D eigenvalue weighted by molar-refractivity contribution is -0.145. The number of aromatic nitrogens is 1. The fourth-order valence-corrected chi connectivity index (χ4v) is 1.78. The largest absolute Gasteiger partial charge is 0.478 e. The molecule has 1 atom stereocenters. The Bertz CT molecular complexity index is 532. The highest BCUT2D eigenvalue weighted by Gasteiger charge is 2.24. The van der Waals surface area contributed by atoms with Gasteiger partial charge in [0.1, 0.15) is 6.04 Å². The highest BCUT2D eigenvalue weighted by Crippen LogP contribution is 2.18. The van der Waals surface area contributed by atoms with Crippen LogP contribution in [-0.4, -0.2) is 28.7 Å². The Morgan fingerprint density at radius 2 is 2.00 bits per heavy atom. The second kappa shape index (κ2) is 6.17. The van der Waals surface area contributed by atoms with Crippen molar-refractivity contribution in [2.45, 2.75) is 26.3 Å². The number of carboxylic acid groups (broad SMARTS) is 1. The first-order valence-corrected chi connectivity index (χ1v) is 5.90. The van der Waals surface area contributed by atoms with Gasteiger partial charge in [-0.25, -0.2) is 9.59 Å². The number of carbonyl (C=O) groups excluding carboxylic acids is 1. The van der Waals surface area contributed by atoms with E-state index in [0.29, 0.717) is 6.42 Å². The van der Waals surface area contributed by atoms with Crippen molar-refractivity contribution in [2.24, 2.45) is 5.92 Å². The van der Waals surface area contributed by atoms with E-state index in [-0.39, 0.29) is 11.5 Å². The summed E-state index contributed by atoms with van der Waals surface area (Å²) in [7, 11) is 1.24. The van der Waals surface area contributed by atoms with E-state index in [1.807, 2.05) is 13.8 Å². The number of ether oxygens (including phenoxy) is 1. The Hall–Kier alpha value is -2.11. The molecule has 0 amide bonds. The molecule has 0 saturated heterocycles. The van der Waals surface area contributed by atoms with Crippen molar-refractivity contribution in [1.82, 2.24) is 4.57 Å². The number of aromatic carboxylic acids is 1. The third kappa shape index (κ3) is 3.67.